The lowest BCUT2D eigenvalue weighted by molar-refractivity contribution is 0.0903. The molecule has 1 fully saturated rings. The first-order valence-electron chi connectivity index (χ1n) is 8.05. The van der Waals surface area contributed by atoms with E-state index >= 15 is 0 Å². The Bertz CT molecular complexity index is 852. The van der Waals surface area contributed by atoms with E-state index in [0.717, 1.165) is 12.8 Å². The standard InChI is InChI=1S/C16H22N4O3S/c1-11(2)24(21,22)20-15-9-12(10-17)3-4-14(15)19-16(20)18-13-5-7-23-8-6-13/h3-4,9-11,13,17H,5-8H2,1-2H3,(H,18,19). The fourth-order valence-electron chi connectivity index (χ4n) is 2.74. The van der Waals surface area contributed by atoms with E-state index in [1.807, 2.05) is 0 Å². The summed E-state index contributed by atoms with van der Waals surface area (Å²) in [7, 11) is -3.58. The molecule has 0 spiro atoms. The molecule has 0 bridgehead atoms. The van der Waals surface area contributed by atoms with Gasteiger partial charge in [0, 0.05) is 25.5 Å². The van der Waals surface area contributed by atoms with E-state index in [1.165, 1.54) is 10.2 Å². The minimum atomic E-state index is -3.58. The number of imidazole rings is 1. The summed E-state index contributed by atoms with van der Waals surface area (Å²) in [5, 5.41) is 10.1. The van der Waals surface area contributed by atoms with Crippen LogP contribution in [0.15, 0.2) is 18.2 Å². The average Bonchev–Trinajstić information content (AvgIpc) is 2.92. The molecule has 24 heavy (non-hydrogen) atoms. The summed E-state index contributed by atoms with van der Waals surface area (Å²) in [5.74, 6) is 0.340. The third-order valence-electron chi connectivity index (χ3n) is 4.21. The summed E-state index contributed by atoms with van der Waals surface area (Å²) in [6, 6.07) is 5.33. The molecule has 1 aliphatic rings. The normalized spacial score (nSPS) is 16.6. The van der Waals surface area contributed by atoms with Crippen LogP contribution >= 0.6 is 0 Å². The molecule has 1 aliphatic heterocycles. The Morgan fingerprint density at radius 1 is 1.38 bits per heavy atom. The molecule has 0 amide bonds. The minimum absolute atomic E-state index is 0.138. The van der Waals surface area contributed by atoms with Crippen LogP contribution in [0.4, 0.5) is 5.95 Å². The van der Waals surface area contributed by atoms with Crippen molar-refractivity contribution in [2.75, 3.05) is 18.5 Å². The Kier molecular flexibility index (Phi) is 4.60. The fraction of sp³-hybridized carbons (Fsp3) is 0.500. The van der Waals surface area contributed by atoms with E-state index in [-0.39, 0.29) is 6.04 Å². The van der Waals surface area contributed by atoms with Gasteiger partial charge in [0.1, 0.15) is 0 Å². The lowest BCUT2D eigenvalue weighted by atomic mass is 10.1. The Morgan fingerprint density at radius 2 is 2.08 bits per heavy atom. The van der Waals surface area contributed by atoms with E-state index in [9.17, 15) is 8.42 Å². The van der Waals surface area contributed by atoms with Gasteiger partial charge in [0.15, 0.2) is 0 Å². The molecule has 1 aromatic heterocycles. The second-order valence-corrected chi connectivity index (χ2v) is 8.55. The van der Waals surface area contributed by atoms with Gasteiger partial charge in [-0.15, -0.1) is 0 Å². The minimum Gasteiger partial charge on any atom is -0.381 e. The fourth-order valence-corrected chi connectivity index (χ4v) is 3.92. The number of ether oxygens (including phenoxy) is 1. The highest BCUT2D eigenvalue weighted by Gasteiger charge is 2.27. The van der Waals surface area contributed by atoms with Gasteiger partial charge in [-0.2, -0.15) is 0 Å². The molecule has 8 heteroatoms. The van der Waals surface area contributed by atoms with Crippen LogP contribution in [0.25, 0.3) is 11.0 Å². The predicted octanol–water partition coefficient (Wildman–Crippen LogP) is 2.21. The lowest BCUT2D eigenvalue weighted by Gasteiger charge is -2.24. The van der Waals surface area contributed by atoms with Crippen molar-refractivity contribution in [3.8, 4) is 0 Å². The molecule has 2 aromatic rings. The number of hydrogen-bond acceptors (Lipinski definition) is 6. The van der Waals surface area contributed by atoms with Gasteiger partial charge in [0.25, 0.3) is 0 Å². The summed E-state index contributed by atoms with van der Waals surface area (Å²) in [6.07, 6.45) is 2.83. The molecule has 2 heterocycles. The van der Waals surface area contributed by atoms with Crippen molar-refractivity contribution in [1.82, 2.24) is 8.96 Å². The third-order valence-corrected chi connectivity index (χ3v) is 6.28. The summed E-state index contributed by atoms with van der Waals surface area (Å²) < 4.78 is 32.4. The van der Waals surface area contributed by atoms with Crippen molar-refractivity contribution >= 4 is 33.2 Å². The van der Waals surface area contributed by atoms with Gasteiger partial charge in [0.05, 0.1) is 16.3 Å². The largest absolute Gasteiger partial charge is 0.381 e. The van der Waals surface area contributed by atoms with Crippen LogP contribution in [-0.4, -0.2) is 48.1 Å². The van der Waals surface area contributed by atoms with Crippen LogP contribution in [0.3, 0.4) is 0 Å². The van der Waals surface area contributed by atoms with Crippen LogP contribution < -0.4 is 5.32 Å². The Morgan fingerprint density at radius 3 is 2.71 bits per heavy atom. The molecule has 2 N–H and O–H groups in total. The number of benzene rings is 1. The lowest BCUT2D eigenvalue weighted by Crippen LogP contribution is -2.31. The van der Waals surface area contributed by atoms with Gasteiger partial charge in [-0.1, -0.05) is 6.07 Å². The quantitative estimate of drug-likeness (QED) is 0.806. The molecule has 1 saturated heterocycles. The summed E-state index contributed by atoms with van der Waals surface area (Å²) >= 11 is 0. The Balaban J connectivity index is 2.14. The van der Waals surface area contributed by atoms with Crippen molar-refractivity contribution in [3.63, 3.8) is 0 Å². The number of hydrogen-bond donors (Lipinski definition) is 2. The molecule has 0 radical (unpaired) electrons. The van der Waals surface area contributed by atoms with Crippen LogP contribution in [0.2, 0.25) is 0 Å². The van der Waals surface area contributed by atoms with Crippen LogP contribution in [0.5, 0.6) is 0 Å². The van der Waals surface area contributed by atoms with Gasteiger partial charge in [-0.3, -0.25) is 0 Å². The van der Waals surface area contributed by atoms with Gasteiger partial charge < -0.3 is 15.5 Å². The molecule has 0 unspecified atom stereocenters. The first-order chi connectivity index (χ1) is 11.4. The molecule has 0 aliphatic carbocycles. The number of nitrogens with one attached hydrogen (secondary N) is 2. The molecule has 3 rings (SSSR count). The molecule has 0 atom stereocenters. The Labute approximate surface area is 141 Å². The number of aromatic nitrogens is 2. The number of fused-ring (bicyclic) bond motifs is 1. The predicted molar refractivity (Wildman–Crippen MR) is 94.5 cm³/mol. The molecular weight excluding hydrogens is 328 g/mol. The molecule has 7 nitrogen and oxygen atoms in total. The Hall–Kier alpha value is -1.93. The molecule has 0 saturated carbocycles. The second kappa shape index (κ2) is 6.52. The zero-order valence-electron chi connectivity index (χ0n) is 13.8. The van der Waals surface area contributed by atoms with Crippen LogP contribution in [-0.2, 0) is 14.8 Å². The monoisotopic (exact) mass is 350 g/mol. The highest BCUT2D eigenvalue weighted by atomic mass is 32.2. The third kappa shape index (κ3) is 3.03. The van der Waals surface area contributed by atoms with E-state index in [2.05, 4.69) is 10.3 Å². The summed E-state index contributed by atoms with van der Waals surface area (Å²) in [4.78, 5) is 4.49. The summed E-state index contributed by atoms with van der Waals surface area (Å²) in [5.41, 5.74) is 1.74. The zero-order valence-corrected chi connectivity index (χ0v) is 14.6. The van der Waals surface area contributed by atoms with E-state index in [1.54, 1.807) is 32.0 Å². The van der Waals surface area contributed by atoms with Gasteiger partial charge in [-0.05, 0) is 44.4 Å². The maximum Gasteiger partial charge on any atom is 0.244 e. The van der Waals surface area contributed by atoms with Crippen molar-refractivity contribution in [1.29, 1.82) is 5.41 Å². The second-order valence-electron chi connectivity index (χ2n) is 6.22. The van der Waals surface area contributed by atoms with Crippen molar-refractivity contribution in [3.05, 3.63) is 23.8 Å². The molecular formula is C16H22N4O3S. The smallest absolute Gasteiger partial charge is 0.244 e. The highest BCUT2D eigenvalue weighted by molar-refractivity contribution is 7.90. The number of nitrogens with zero attached hydrogens (tertiary/aromatic N) is 2. The highest BCUT2D eigenvalue weighted by Crippen LogP contribution is 2.26. The maximum absolute atomic E-state index is 12.9. The van der Waals surface area contributed by atoms with Crippen LogP contribution in [0.1, 0.15) is 32.3 Å². The van der Waals surface area contributed by atoms with Crippen molar-refractivity contribution in [2.45, 2.75) is 38.0 Å². The van der Waals surface area contributed by atoms with Crippen molar-refractivity contribution in [2.24, 2.45) is 0 Å². The van der Waals surface area contributed by atoms with E-state index < -0.39 is 15.3 Å². The average molecular weight is 350 g/mol. The van der Waals surface area contributed by atoms with Crippen molar-refractivity contribution < 1.29 is 13.2 Å². The molecule has 130 valence electrons. The van der Waals surface area contributed by atoms with Gasteiger partial charge >= 0.3 is 0 Å². The maximum atomic E-state index is 12.9. The number of rotatable bonds is 5. The van der Waals surface area contributed by atoms with E-state index in [0.29, 0.717) is 35.8 Å². The van der Waals surface area contributed by atoms with Crippen LogP contribution in [0, 0.1) is 5.41 Å². The van der Waals surface area contributed by atoms with Gasteiger partial charge in [0.2, 0.25) is 16.0 Å². The first-order valence-corrected chi connectivity index (χ1v) is 9.55. The summed E-state index contributed by atoms with van der Waals surface area (Å²) in [6.45, 7) is 4.62. The number of anilines is 1. The van der Waals surface area contributed by atoms with E-state index in [4.69, 9.17) is 10.1 Å². The molecule has 1 aromatic carbocycles. The topological polar surface area (TPSA) is 97.1 Å². The van der Waals surface area contributed by atoms with Gasteiger partial charge in [-0.25, -0.2) is 17.4 Å². The first kappa shape index (κ1) is 16.9. The zero-order chi connectivity index (χ0) is 17.3. The SMILES string of the molecule is CC(C)S(=O)(=O)n1c(NC2CCOCC2)nc2ccc(C=N)cc21.